The first-order valence-corrected chi connectivity index (χ1v) is 6.95. The molecule has 1 atom stereocenters. The molecule has 0 bridgehead atoms. The molecular weight excluding hydrogens is 274 g/mol. The monoisotopic (exact) mass is 285 g/mol. The Morgan fingerprint density at radius 1 is 1.10 bits per heavy atom. The highest BCUT2D eigenvalue weighted by molar-refractivity contribution is 8.08. The number of furan rings is 1. The van der Waals surface area contributed by atoms with Gasteiger partial charge in [0.2, 0.25) is 0 Å². The van der Waals surface area contributed by atoms with Gasteiger partial charge in [-0.15, -0.1) is 11.8 Å². The zero-order valence-corrected chi connectivity index (χ0v) is 11.2. The largest absolute Gasteiger partial charge is 0.464 e. The molecule has 0 N–H and O–H groups in total. The van der Waals surface area contributed by atoms with Crippen molar-refractivity contribution in [2.75, 3.05) is 0 Å². The molecule has 1 aliphatic rings. The summed E-state index contributed by atoms with van der Waals surface area (Å²) >= 11 is 1.44. The van der Waals surface area contributed by atoms with Gasteiger partial charge in [-0.25, -0.2) is 0 Å². The fourth-order valence-corrected chi connectivity index (χ4v) is 3.27. The SMILES string of the molecule is O=[N+]([O-])C1=CC=C(c2ccco2)SC1c1ccccc1. The summed E-state index contributed by atoms with van der Waals surface area (Å²) in [6.07, 6.45) is 4.90. The minimum absolute atomic E-state index is 0.191. The molecule has 100 valence electrons. The van der Waals surface area contributed by atoms with Gasteiger partial charge in [0, 0.05) is 6.08 Å². The summed E-state index contributed by atoms with van der Waals surface area (Å²) < 4.78 is 5.36. The van der Waals surface area contributed by atoms with Crippen LogP contribution in [0.4, 0.5) is 0 Å². The van der Waals surface area contributed by atoms with E-state index < -0.39 is 0 Å². The van der Waals surface area contributed by atoms with Crippen molar-refractivity contribution >= 4 is 16.7 Å². The van der Waals surface area contributed by atoms with Crippen LogP contribution in [0.25, 0.3) is 4.91 Å². The minimum Gasteiger partial charge on any atom is -0.464 e. The smallest absolute Gasteiger partial charge is 0.263 e. The van der Waals surface area contributed by atoms with Crippen molar-refractivity contribution in [1.29, 1.82) is 0 Å². The Kier molecular flexibility index (Phi) is 3.43. The highest BCUT2D eigenvalue weighted by Gasteiger charge is 2.31. The van der Waals surface area contributed by atoms with Crippen LogP contribution in [0.2, 0.25) is 0 Å². The van der Waals surface area contributed by atoms with Crippen LogP contribution in [-0.2, 0) is 0 Å². The van der Waals surface area contributed by atoms with E-state index in [1.54, 1.807) is 24.5 Å². The molecule has 1 unspecified atom stereocenters. The molecule has 5 heteroatoms. The Morgan fingerprint density at radius 3 is 2.55 bits per heavy atom. The van der Waals surface area contributed by atoms with Crippen molar-refractivity contribution in [2.24, 2.45) is 0 Å². The molecule has 3 rings (SSSR count). The molecule has 0 aliphatic carbocycles. The number of hydrogen-bond acceptors (Lipinski definition) is 4. The number of rotatable bonds is 3. The second-order valence-electron chi connectivity index (χ2n) is 4.27. The molecule has 2 aromatic rings. The lowest BCUT2D eigenvalue weighted by Gasteiger charge is -2.18. The molecule has 0 saturated carbocycles. The van der Waals surface area contributed by atoms with Gasteiger partial charge in [-0.05, 0) is 23.8 Å². The van der Waals surface area contributed by atoms with Gasteiger partial charge in [-0.1, -0.05) is 30.3 Å². The fourth-order valence-electron chi connectivity index (χ4n) is 2.06. The van der Waals surface area contributed by atoms with E-state index in [1.807, 2.05) is 36.4 Å². The number of hydrogen-bond donors (Lipinski definition) is 0. The Labute approximate surface area is 119 Å². The number of thioether (sulfide) groups is 1. The summed E-state index contributed by atoms with van der Waals surface area (Å²) in [6.45, 7) is 0. The maximum Gasteiger partial charge on any atom is 0.263 e. The van der Waals surface area contributed by atoms with E-state index in [4.69, 9.17) is 4.42 Å². The highest BCUT2D eigenvalue weighted by atomic mass is 32.2. The van der Waals surface area contributed by atoms with Crippen LogP contribution in [-0.4, -0.2) is 4.92 Å². The van der Waals surface area contributed by atoms with Crippen molar-refractivity contribution in [3.05, 3.63) is 88.0 Å². The topological polar surface area (TPSA) is 56.3 Å². The first-order chi connectivity index (χ1) is 9.75. The minimum atomic E-state index is -0.323. The van der Waals surface area contributed by atoms with Gasteiger partial charge in [-0.3, -0.25) is 10.1 Å². The van der Waals surface area contributed by atoms with E-state index in [0.29, 0.717) is 0 Å². The first kappa shape index (κ1) is 12.7. The normalized spacial score (nSPS) is 18.3. The van der Waals surface area contributed by atoms with E-state index in [0.717, 1.165) is 16.2 Å². The van der Waals surface area contributed by atoms with Gasteiger partial charge in [0.05, 0.1) is 16.1 Å². The Morgan fingerprint density at radius 2 is 1.90 bits per heavy atom. The third kappa shape index (κ3) is 2.40. The summed E-state index contributed by atoms with van der Waals surface area (Å²) in [6, 6.07) is 13.1. The van der Waals surface area contributed by atoms with Gasteiger partial charge in [0.25, 0.3) is 5.70 Å². The van der Waals surface area contributed by atoms with Crippen LogP contribution in [0, 0.1) is 10.1 Å². The first-order valence-electron chi connectivity index (χ1n) is 6.07. The lowest BCUT2D eigenvalue weighted by Crippen LogP contribution is -2.10. The second kappa shape index (κ2) is 5.38. The van der Waals surface area contributed by atoms with E-state index in [1.165, 1.54) is 11.8 Å². The predicted molar refractivity (Wildman–Crippen MR) is 78.5 cm³/mol. The van der Waals surface area contributed by atoms with Gasteiger partial charge in [0.1, 0.15) is 11.0 Å². The van der Waals surface area contributed by atoms with Crippen molar-refractivity contribution in [3.8, 4) is 0 Å². The Bertz CT molecular complexity index is 674. The van der Waals surface area contributed by atoms with Crippen LogP contribution in [0.15, 0.2) is 71.0 Å². The molecule has 1 aromatic carbocycles. The summed E-state index contributed by atoms with van der Waals surface area (Å²) in [5.74, 6) is 0.731. The summed E-state index contributed by atoms with van der Waals surface area (Å²) in [5.41, 5.74) is 1.11. The molecule has 0 saturated heterocycles. The molecule has 2 heterocycles. The predicted octanol–water partition coefficient (Wildman–Crippen LogP) is 4.27. The lowest BCUT2D eigenvalue weighted by molar-refractivity contribution is -0.427. The molecule has 0 spiro atoms. The standard InChI is InChI=1S/C15H11NO3S/c17-16(18)12-8-9-14(13-7-4-10-19-13)20-15(12)11-5-2-1-3-6-11/h1-10,15H. The summed E-state index contributed by atoms with van der Waals surface area (Å²) in [7, 11) is 0. The number of allylic oxidation sites excluding steroid dienone is 2. The zero-order chi connectivity index (χ0) is 13.9. The molecule has 20 heavy (non-hydrogen) atoms. The van der Waals surface area contributed by atoms with Gasteiger partial charge < -0.3 is 4.42 Å². The maximum atomic E-state index is 11.2. The van der Waals surface area contributed by atoms with Crippen molar-refractivity contribution in [1.82, 2.24) is 0 Å². The summed E-state index contributed by atoms with van der Waals surface area (Å²) in [5, 5.41) is 10.9. The van der Waals surface area contributed by atoms with E-state index in [9.17, 15) is 10.1 Å². The van der Waals surface area contributed by atoms with Crippen LogP contribution in [0.1, 0.15) is 16.6 Å². The Hall–Kier alpha value is -2.27. The van der Waals surface area contributed by atoms with Gasteiger partial charge in [-0.2, -0.15) is 0 Å². The van der Waals surface area contributed by atoms with E-state index in [2.05, 4.69) is 0 Å². The van der Waals surface area contributed by atoms with Crippen LogP contribution >= 0.6 is 11.8 Å². The fraction of sp³-hybridized carbons (Fsp3) is 0.0667. The molecule has 1 aromatic heterocycles. The quantitative estimate of drug-likeness (QED) is 0.624. The molecule has 0 fully saturated rings. The van der Waals surface area contributed by atoms with Crippen LogP contribution in [0.5, 0.6) is 0 Å². The average Bonchev–Trinajstić information content (AvgIpc) is 3.02. The summed E-state index contributed by atoms with van der Waals surface area (Å²) in [4.78, 5) is 11.8. The number of nitro groups is 1. The van der Waals surface area contributed by atoms with Crippen molar-refractivity contribution < 1.29 is 9.34 Å². The number of benzene rings is 1. The lowest BCUT2D eigenvalue weighted by atomic mass is 10.1. The molecule has 0 radical (unpaired) electrons. The second-order valence-corrected chi connectivity index (χ2v) is 5.41. The van der Waals surface area contributed by atoms with E-state index >= 15 is 0 Å². The third-order valence-electron chi connectivity index (χ3n) is 3.00. The average molecular weight is 285 g/mol. The van der Waals surface area contributed by atoms with Crippen LogP contribution < -0.4 is 0 Å². The molecule has 1 aliphatic heterocycles. The highest BCUT2D eigenvalue weighted by Crippen LogP contribution is 2.47. The van der Waals surface area contributed by atoms with Crippen molar-refractivity contribution in [3.63, 3.8) is 0 Å². The van der Waals surface area contributed by atoms with Crippen LogP contribution in [0.3, 0.4) is 0 Å². The van der Waals surface area contributed by atoms with Gasteiger partial charge in [0.15, 0.2) is 0 Å². The molecule has 4 nitrogen and oxygen atoms in total. The van der Waals surface area contributed by atoms with E-state index in [-0.39, 0.29) is 15.9 Å². The Balaban J connectivity index is 2.00. The number of nitrogens with zero attached hydrogens (tertiary/aromatic N) is 1. The van der Waals surface area contributed by atoms with Gasteiger partial charge >= 0.3 is 0 Å². The molecule has 0 amide bonds. The molecular formula is C15H11NO3S. The maximum absolute atomic E-state index is 11.2. The third-order valence-corrected chi connectivity index (χ3v) is 4.34. The zero-order valence-electron chi connectivity index (χ0n) is 10.4. The van der Waals surface area contributed by atoms with Crippen molar-refractivity contribution in [2.45, 2.75) is 5.25 Å².